The van der Waals surface area contributed by atoms with Gasteiger partial charge in [-0.2, -0.15) is 0 Å². The first-order valence-electron chi connectivity index (χ1n) is 6.75. The molecule has 0 bridgehead atoms. The Bertz CT molecular complexity index is 232. The second-order valence-electron chi connectivity index (χ2n) is 5.33. The Morgan fingerprint density at radius 3 is 2.41 bits per heavy atom. The molecular formula is C13H26N2O2. The summed E-state index contributed by atoms with van der Waals surface area (Å²) in [6.45, 7) is 4.00. The fourth-order valence-electron chi connectivity index (χ4n) is 2.17. The zero-order valence-electron chi connectivity index (χ0n) is 11.0. The third kappa shape index (κ3) is 5.50. The average Bonchev–Trinajstić information content (AvgIpc) is 2.28. The number of hydrogen-bond acceptors (Lipinski definition) is 3. The minimum absolute atomic E-state index is 0.244. The second-order valence-corrected chi connectivity index (χ2v) is 5.33. The van der Waals surface area contributed by atoms with Gasteiger partial charge < -0.3 is 15.7 Å². The average molecular weight is 242 g/mol. The van der Waals surface area contributed by atoms with Crippen LogP contribution >= 0.6 is 0 Å². The molecule has 1 heterocycles. The highest BCUT2D eigenvalue weighted by Crippen LogP contribution is 2.21. The molecule has 0 unspecified atom stereocenters. The number of unbranched alkanes of at least 4 members (excludes halogenated alkanes) is 3. The Hall–Kier alpha value is -0.610. The van der Waals surface area contributed by atoms with Gasteiger partial charge in [0.25, 0.3) is 0 Å². The third-order valence-electron chi connectivity index (χ3n) is 3.54. The number of nitrogens with two attached hydrogens (primary N) is 1. The van der Waals surface area contributed by atoms with Crippen molar-refractivity contribution in [2.45, 2.75) is 57.5 Å². The van der Waals surface area contributed by atoms with Crippen molar-refractivity contribution in [3.05, 3.63) is 0 Å². The smallest absolute Gasteiger partial charge is 0.222 e. The summed E-state index contributed by atoms with van der Waals surface area (Å²) in [5.74, 6) is 0.244. The SMILES string of the molecule is CC1(O)CCN(C(=O)CCCCCCN)CC1. The van der Waals surface area contributed by atoms with E-state index in [0.29, 0.717) is 32.4 Å². The monoisotopic (exact) mass is 242 g/mol. The minimum atomic E-state index is -0.572. The molecule has 1 rings (SSSR count). The van der Waals surface area contributed by atoms with Gasteiger partial charge >= 0.3 is 0 Å². The van der Waals surface area contributed by atoms with Crippen LogP contribution in [0.2, 0.25) is 0 Å². The minimum Gasteiger partial charge on any atom is -0.390 e. The van der Waals surface area contributed by atoms with Gasteiger partial charge in [0.1, 0.15) is 0 Å². The lowest BCUT2D eigenvalue weighted by molar-refractivity contribution is -0.135. The second kappa shape index (κ2) is 6.97. The molecule has 0 aromatic carbocycles. The van der Waals surface area contributed by atoms with Crippen LogP contribution in [0.1, 0.15) is 51.9 Å². The highest BCUT2D eigenvalue weighted by molar-refractivity contribution is 5.76. The van der Waals surface area contributed by atoms with E-state index in [0.717, 1.165) is 32.2 Å². The van der Waals surface area contributed by atoms with Crippen molar-refractivity contribution >= 4 is 5.91 Å². The van der Waals surface area contributed by atoms with Crippen molar-refractivity contribution in [1.29, 1.82) is 0 Å². The van der Waals surface area contributed by atoms with Crippen LogP contribution in [0, 0.1) is 0 Å². The van der Waals surface area contributed by atoms with E-state index in [1.54, 1.807) is 0 Å². The number of nitrogens with zero attached hydrogens (tertiary/aromatic N) is 1. The van der Waals surface area contributed by atoms with Crippen LogP contribution in [0.5, 0.6) is 0 Å². The molecule has 100 valence electrons. The number of likely N-dealkylation sites (tertiary alicyclic amines) is 1. The van der Waals surface area contributed by atoms with E-state index in [-0.39, 0.29) is 5.91 Å². The largest absolute Gasteiger partial charge is 0.390 e. The van der Waals surface area contributed by atoms with Crippen LogP contribution in [0.4, 0.5) is 0 Å². The summed E-state index contributed by atoms with van der Waals surface area (Å²) in [7, 11) is 0. The Morgan fingerprint density at radius 1 is 1.24 bits per heavy atom. The molecule has 1 aliphatic heterocycles. The fraction of sp³-hybridized carbons (Fsp3) is 0.923. The summed E-state index contributed by atoms with van der Waals surface area (Å²) in [6.07, 6.45) is 6.28. The summed E-state index contributed by atoms with van der Waals surface area (Å²) in [6, 6.07) is 0. The number of hydrogen-bond donors (Lipinski definition) is 2. The summed E-state index contributed by atoms with van der Waals surface area (Å²) < 4.78 is 0. The Morgan fingerprint density at radius 2 is 1.82 bits per heavy atom. The molecule has 1 amide bonds. The molecule has 1 fully saturated rings. The van der Waals surface area contributed by atoms with E-state index in [1.807, 2.05) is 11.8 Å². The summed E-state index contributed by atoms with van der Waals surface area (Å²) in [5, 5.41) is 9.80. The Kier molecular flexibility index (Phi) is 5.92. The topological polar surface area (TPSA) is 66.6 Å². The number of carbonyl (C=O) groups excluding carboxylic acids is 1. The number of rotatable bonds is 6. The molecule has 0 atom stereocenters. The van der Waals surface area contributed by atoms with Gasteiger partial charge in [-0.1, -0.05) is 12.8 Å². The molecule has 0 spiro atoms. The van der Waals surface area contributed by atoms with Gasteiger partial charge in [0.15, 0.2) is 0 Å². The zero-order chi connectivity index (χ0) is 12.7. The van der Waals surface area contributed by atoms with E-state index in [2.05, 4.69) is 0 Å². The van der Waals surface area contributed by atoms with Gasteiger partial charge in [-0.3, -0.25) is 4.79 Å². The normalized spacial score (nSPS) is 19.4. The van der Waals surface area contributed by atoms with Crippen molar-refractivity contribution in [2.24, 2.45) is 5.73 Å². The van der Waals surface area contributed by atoms with Crippen molar-refractivity contribution in [3.8, 4) is 0 Å². The molecule has 3 N–H and O–H groups in total. The van der Waals surface area contributed by atoms with E-state index >= 15 is 0 Å². The quantitative estimate of drug-likeness (QED) is 0.689. The molecule has 0 aromatic rings. The molecule has 4 heteroatoms. The van der Waals surface area contributed by atoms with Crippen LogP contribution in [-0.4, -0.2) is 41.1 Å². The molecule has 1 saturated heterocycles. The fourth-order valence-corrected chi connectivity index (χ4v) is 2.17. The van der Waals surface area contributed by atoms with Gasteiger partial charge in [-0.15, -0.1) is 0 Å². The van der Waals surface area contributed by atoms with Crippen LogP contribution < -0.4 is 5.73 Å². The molecular weight excluding hydrogens is 216 g/mol. The molecule has 0 aliphatic carbocycles. The molecule has 0 radical (unpaired) electrons. The molecule has 0 saturated carbocycles. The first kappa shape index (κ1) is 14.5. The van der Waals surface area contributed by atoms with Crippen LogP contribution in [0.15, 0.2) is 0 Å². The molecule has 4 nitrogen and oxygen atoms in total. The van der Waals surface area contributed by atoms with Gasteiger partial charge in [-0.25, -0.2) is 0 Å². The number of aliphatic hydroxyl groups is 1. The number of piperidine rings is 1. The van der Waals surface area contributed by atoms with Crippen LogP contribution in [0.3, 0.4) is 0 Å². The van der Waals surface area contributed by atoms with Gasteiger partial charge in [0.2, 0.25) is 5.91 Å². The van der Waals surface area contributed by atoms with E-state index in [1.165, 1.54) is 0 Å². The maximum absolute atomic E-state index is 11.9. The van der Waals surface area contributed by atoms with Crippen LogP contribution in [0.25, 0.3) is 0 Å². The zero-order valence-corrected chi connectivity index (χ0v) is 11.0. The molecule has 17 heavy (non-hydrogen) atoms. The van der Waals surface area contributed by atoms with E-state index in [4.69, 9.17) is 5.73 Å². The number of carbonyl (C=O) groups is 1. The Balaban J connectivity index is 2.12. The van der Waals surface area contributed by atoms with E-state index < -0.39 is 5.60 Å². The van der Waals surface area contributed by atoms with Crippen molar-refractivity contribution < 1.29 is 9.90 Å². The summed E-state index contributed by atoms with van der Waals surface area (Å²) in [4.78, 5) is 13.8. The van der Waals surface area contributed by atoms with Crippen LogP contribution in [-0.2, 0) is 4.79 Å². The lowest BCUT2D eigenvalue weighted by Crippen LogP contribution is -2.45. The van der Waals surface area contributed by atoms with Crippen molar-refractivity contribution in [3.63, 3.8) is 0 Å². The predicted octanol–water partition coefficient (Wildman–Crippen LogP) is 1.27. The Labute approximate surface area is 104 Å². The van der Waals surface area contributed by atoms with E-state index in [9.17, 15) is 9.90 Å². The number of amides is 1. The van der Waals surface area contributed by atoms with Gasteiger partial charge in [-0.05, 0) is 39.2 Å². The lowest BCUT2D eigenvalue weighted by atomic mass is 9.93. The first-order valence-corrected chi connectivity index (χ1v) is 6.75. The summed E-state index contributed by atoms with van der Waals surface area (Å²) >= 11 is 0. The maximum Gasteiger partial charge on any atom is 0.222 e. The first-order chi connectivity index (χ1) is 8.05. The maximum atomic E-state index is 11.9. The lowest BCUT2D eigenvalue weighted by Gasteiger charge is -2.35. The summed E-state index contributed by atoms with van der Waals surface area (Å²) in [5.41, 5.74) is 4.84. The van der Waals surface area contributed by atoms with Crippen molar-refractivity contribution in [1.82, 2.24) is 4.90 Å². The molecule has 0 aromatic heterocycles. The highest BCUT2D eigenvalue weighted by atomic mass is 16.3. The standard InChI is InChI=1S/C13H26N2O2/c1-13(17)7-10-15(11-8-13)12(16)6-4-2-3-5-9-14/h17H,2-11,14H2,1H3. The van der Waals surface area contributed by atoms with Crippen molar-refractivity contribution in [2.75, 3.05) is 19.6 Å². The highest BCUT2D eigenvalue weighted by Gasteiger charge is 2.29. The van der Waals surface area contributed by atoms with Gasteiger partial charge in [0, 0.05) is 19.5 Å². The third-order valence-corrected chi connectivity index (χ3v) is 3.54. The molecule has 1 aliphatic rings. The predicted molar refractivity (Wildman–Crippen MR) is 68.6 cm³/mol. The van der Waals surface area contributed by atoms with Gasteiger partial charge in [0.05, 0.1) is 5.60 Å².